The largest absolute Gasteiger partial charge is 0.374 e. The SMILES string of the molecule is ClC[C@H]1CN2CCC[C@H]2CO1. The predicted octanol–water partition coefficient (Wildman–Crippen LogP) is 1.09. The van der Waals surface area contributed by atoms with Crippen molar-refractivity contribution in [1.82, 2.24) is 4.90 Å². The molecule has 2 atom stereocenters. The first-order chi connectivity index (χ1) is 5.40. The molecule has 0 N–H and O–H groups in total. The number of alkyl halides is 1. The predicted molar refractivity (Wildman–Crippen MR) is 45.1 cm³/mol. The normalized spacial score (nSPS) is 39.0. The van der Waals surface area contributed by atoms with Gasteiger partial charge in [-0.2, -0.15) is 0 Å². The van der Waals surface area contributed by atoms with Gasteiger partial charge in [-0.1, -0.05) is 0 Å². The van der Waals surface area contributed by atoms with Gasteiger partial charge in [0.25, 0.3) is 0 Å². The molecule has 11 heavy (non-hydrogen) atoms. The Bertz CT molecular complexity index is 142. The zero-order chi connectivity index (χ0) is 7.68. The highest BCUT2D eigenvalue weighted by atomic mass is 35.5. The highest BCUT2D eigenvalue weighted by Gasteiger charge is 2.31. The summed E-state index contributed by atoms with van der Waals surface area (Å²) in [6, 6.07) is 0.703. The van der Waals surface area contributed by atoms with Crippen LogP contribution in [0.1, 0.15) is 12.8 Å². The van der Waals surface area contributed by atoms with Crippen molar-refractivity contribution in [3.8, 4) is 0 Å². The minimum Gasteiger partial charge on any atom is -0.374 e. The van der Waals surface area contributed by atoms with Gasteiger partial charge in [0.15, 0.2) is 0 Å². The lowest BCUT2D eigenvalue weighted by Crippen LogP contribution is -2.46. The fourth-order valence-corrected chi connectivity index (χ4v) is 2.17. The summed E-state index contributed by atoms with van der Waals surface area (Å²) in [6.45, 7) is 3.20. The number of morpholine rings is 1. The van der Waals surface area contributed by atoms with Crippen LogP contribution < -0.4 is 0 Å². The molecule has 0 aliphatic carbocycles. The molecule has 2 nitrogen and oxygen atoms in total. The summed E-state index contributed by atoms with van der Waals surface area (Å²) in [5, 5.41) is 0. The third-order valence-corrected chi connectivity index (χ3v) is 2.98. The Hall–Kier alpha value is 0.210. The number of nitrogens with zero attached hydrogens (tertiary/aromatic N) is 1. The van der Waals surface area contributed by atoms with E-state index in [1.54, 1.807) is 0 Å². The first-order valence-electron chi connectivity index (χ1n) is 4.32. The molecule has 3 heteroatoms. The van der Waals surface area contributed by atoms with Crippen LogP contribution in [-0.4, -0.2) is 42.6 Å². The van der Waals surface area contributed by atoms with Crippen LogP contribution in [0, 0.1) is 0 Å². The van der Waals surface area contributed by atoms with Gasteiger partial charge in [0.2, 0.25) is 0 Å². The van der Waals surface area contributed by atoms with Gasteiger partial charge in [-0.05, 0) is 19.4 Å². The van der Waals surface area contributed by atoms with Crippen molar-refractivity contribution in [2.24, 2.45) is 0 Å². The van der Waals surface area contributed by atoms with Crippen LogP contribution in [0.4, 0.5) is 0 Å². The van der Waals surface area contributed by atoms with Crippen molar-refractivity contribution < 1.29 is 4.74 Å². The standard InChI is InChI=1S/C8H14ClNO/c9-4-8-5-10-3-1-2-7(10)6-11-8/h7-8H,1-6H2/t7-,8-/m0/s1. The molecule has 2 fully saturated rings. The molecule has 2 aliphatic rings. The summed E-state index contributed by atoms with van der Waals surface area (Å²) < 4.78 is 5.57. The number of hydrogen-bond acceptors (Lipinski definition) is 2. The number of halogens is 1. The maximum atomic E-state index is 5.72. The Labute approximate surface area is 72.5 Å². The molecule has 0 spiro atoms. The Kier molecular flexibility index (Phi) is 2.35. The van der Waals surface area contributed by atoms with E-state index in [1.165, 1.54) is 19.4 Å². The van der Waals surface area contributed by atoms with Crippen LogP contribution in [-0.2, 0) is 4.74 Å². The van der Waals surface area contributed by atoms with Gasteiger partial charge in [-0.15, -0.1) is 11.6 Å². The first kappa shape index (κ1) is 7.84. The van der Waals surface area contributed by atoms with E-state index in [1.807, 2.05) is 0 Å². The molecule has 0 bridgehead atoms. The molecule has 0 unspecified atom stereocenters. The van der Waals surface area contributed by atoms with Crippen molar-refractivity contribution >= 4 is 11.6 Å². The van der Waals surface area contributed by atoms with Crippen LogP contribution in [0.15, 0.2) is 0 Å². The van der Waals surface area contributed by atoms with E-state index in [9.17, 15) is 0 Å². The monoisotopic (exact) mass is 175 g/mol. The summed E-state index contributed by atoms with van der Waals surface area (Å²) in [4.78, 5) is 2.51. The lowest BCUT2D eigenvalue weighted by atomic mass is 10.2. The Morgan fingerprint density at radius 3 is 3.27 bits per heavy atom. The molecule has 0 amide bonds. The summed E-state index contributed by atoms with van der Waals surface area (Å²) >= 11 is 5.72. The van der Waals surface area contributed by atoms with E-state index >= 15 is 0 Å². The molecular formula is C8H14ClNO. The zero-order valence-corrected chi connectivity index (χ0v) is 7.39. The Balaban J connectivity index is 1.91. The first-order valence-corrected chi connectivity index (χ1v) is 4.85. The van der Waals surface area contributed by atoms with Crippen molar-refractivity contribution in [3.05, 3.63) is 0 Å². The molecule has 0 aromatic rings. The topological polar surface area (TPSA) is 12.5 Å². The van der Waals surface area contributed by atoms with Gasteiger partial charge in [0.05, 0.1) is 12.7 Å². The van der Waals surface area contributed by atoms with E-state index in [2.05, 4.69) is 4.90 Å². The Morgan fingerprint density at radius 1 is 1.55 bits per heavy atom. The fraction of sp³-hybridized carbons (Fsp3) is 1.00. The van der Waals surface area contributed by atoms with Crippen LogP contribution in [0.3, 0.4) is 0 Å². The third-order valence-electron chi connectivity index (χ3n) is 2.63. The molecule has 0 aromatic heterocycles. The summed E-state index contributed by atoms with van der Waals surface area (Å²) in [6.07, 6.45) is 2.93. The van der Waals surface area contributed by atoms with Gasteiger partial charge < -0.3 is 4.74 Å². The second-order valence-corrected chi connectivity index (χ2v) is 3.71. The van der Waals surface area contributed by atoms with Gasteiger partial charge in [0.1, 0.15) is 0 Å². The van der Waals surface area contributed by atoms with Gasteiger partial charge >= 0.3 is 0 Å². The molecule has 0 aromatic carbocycles. The number of hydrogen-bond donors (Lipinski definition) is 0. The highest BCUT2D eigenvalue weighted by molar-refractivity contribution is 6.18. The maximum Gasteiger partial charge on any atom is 0.0837 e. The van der Waals surface area contributed by atoms with E-state index in [0.717, 1.165) is 13.2 Å². The minimum atomic E-state index is 0.283. The van der Waals surface area contributed by atoms with E-state index < -0.39 is 0 Å². The minimum absolute atomic E-state index is 0.283. The smallest absolute Gasteiger partial charge is 0.0837 e. The molecule has 2 rings (SSSR count). The van der Waals surface area contributed by atoms with Crippen LogP contribution in [0.25, 0.3) is 0 Å². The molecule has 0 radical (unpaired) electrons. The molecular weight excluding hydrogens is 162 g/mol. The molecule has 2 saturated heterocycles. The summed E-state index contributed by atoms with van der Waals surface area (Å²) in [7, 11) is 0. The van der Waals surface area contributed by atoms with E-state index in [0.29, 0.717) is 11.9 Å². The average Bonchev–Trinajstić information content (AvgIpc) is 2.50. The summed E-state index contributed by atoms with van der Waals surface area (Å²) in [5.74, 6) is 0.642. The van der Waals surface area contributed by atoms with Crippen molar-refractivity contribution in [3.63, 3.8) is 0 Å². The zero-order valence-electron chi connectivity index (χ0n) is 6.63. The van der Waals surface area contributed by atoms with Crippen LogP contribution in [0.5, 0.6) is 0 Å². The molecule has 2 heterocycles. The van der Waals surface area contributed by atoms with Crippen LogP contribution >= 0.6 is 11.6 Å². The Morgan fingerprint density at radius 2 is 2.45 bits per heavy atom. The second-order valence-electron chi connectivity index (χ2n) is 3.40. The summed E-state index contributed by atoms with van der Waals surface area (Å²) in [5.41, 5.74) is 0. The number of fused-ring (bicyclic) bond motifs is 1. The van der Waals surface area contributed by atoms with Crippen LogP contribution in [0.2, 0.25) is 0 Å². The van der Waals surface area contributed by atoms with Crippen molar-refractivity contribution in [1.29, 1.82) is 0 Å². The molecule has 2 aliphatic heterocycles. The van der Waals surface area contributed by atoms with E-state index in [4.69, 9.17) is 16.3 Å². The second kappa shape index (κ2) is 3.30. The quantitative estimate of drug-likeness (QED) is 0.554. The number of rotatable bonds is 1. The maximum absolute atomic E-state index is 5.72. The van der Waals surface area contributed by atoms with Gasteiger partial charge in [0, 0.05) is 18.5 Å². The molecule has 64 valence electrons. The van der Waals surface area contributed by atoms with Gasteiger partial charge in [-0.3, -0.25) is 4.90 Å². The van der Waals surface area contributed by atoms with Crippen molar-refractivity contribution in [2.45, 2.75) is 25.0 Å². The lowest BCUT2D eigenvalue weighted by Gasteiger charge is -2.34. The van der Waals surface area contributed by atoms with Gasteiger partial charge in [-0.25, -0.2) is 0 Å². The van der Waals surface area contributed by atoms with Crippen molar-refractivity contribution in [2.75, 3.05) is 25.6 Å². The molecule has 0 saturated carbocycles. The lowest BCUT2D eigenvalue weighted by molar-refractivity contribution is -0.0372. The van der Waals surface area contributed by atoms with E-state index in [-0.39, 0.29) is 6.10 Å². The average molecular weight is 176 g/mol. The third kappa shape index (κ3) is 1.53. The fourth-order valence-electron chi connectivity index (χ4n) is 1.98. The highest BCUT2D eigenvalue weighted by Crippen LogP contribution is 2.22. The number of ether oxygens (including phenoxy) is 1.